The molecule has 1 saturated heterocycles. The van der Waals surface area contributed by atoms with Gasteiger partial charge in [-0.3, -0.25) is 4.68 Å². The third-order valence-corrected chi connectivity index (χ3v) is 7.73. The van der Waals surface area contributed by atoms with Crippen molar-refractivity contribution >= 4 is 40.0 Å². The normalized spacial score (nSPS) is 17.2. The molecule has 10 nitrogen and oxygen atoms in total. The van der Waals surface area contributed by atoms with E-state index in [1.807, 2.05) is 18.2 Å². The van der Waals surface area contributed by atoms with E-state index in [4.69, 9.17) is 16.3 Å². The Hall–Kier alpha value is -3.84. The average molecular weight is 544 g/mol. The van der Waals surface area contributed by atoms with Crippen molar-refractivity contribution in [2.45, 2.75) is 25.1 Å². The Morgan fingerprint density at radius 1 is 1.18 bits per heavy atom. The van der Waals surface area contributed by atoms with Crippen molar-refractivity contribution in [3.8, 4) is 11.5 Å². The van der Waals surface area contributed by atoms with E-state index in [-0.39, 0.29) is 28.2 Å². The van der Waals surface area contributed by atoms with E-state index in [1.54, 1.807) is 28.5 Å². The zero-order valence-corrected chi connectivity index (χ0v) is 20.8. The number of pyridine rings is 2. The summed E-state index contributed by atoms with van der Waals surface area (Å²) in [7, 11) is 1.69. The number of imidazole rings is 1. The minimum Gasteiger partial charge on any atom is -0.450 e. The summed E-state index contributed by atoms with van der Waals surface area (Å²) in [5.41, 5.74) is 0.832. The van der Waals surface area contributed by atoms with Crippen molar-refractivity contribution in [3.63, 3.8) is 0 Å². The van der Waals surface area contributed by atoms with E-state index >= 15 is 0 Å². The number of alkyl halides is 3. The Morgan fingerprint density at radius 3 is 2.74 bits per heavy atom. The van der Waals surface area contributed by atoms with Crippen molar-refractivity contribution in [1.29, 1.82) is 0 Å². The Bertz CT molecular complexity index is 1690. The van der Waals surface area contributed by atoms with E-state index < -0.39 is 11.9 Å². The molecule has 5 aromatic rings. The van der Waals surface area contributed by atoms with Crippen molar-refractivity contribution in [2.24, 2.45) is 12.5 Å². The van der Waals surface area contributed by atoms with Crippen LogP contribution in [0.2, 0.25) is 5.02 Å². The monoisotopic (exact) mass is 543 g/mol. The number of nitrogens with one attached hydrogen (secondary N) is 2. The summed E-state index contributed by atoms with van der Waals surface area (Å²) in [6.45, 7) is 1.68. The standard InChI is InChI=1S/C24H21ClF3N9O/c1-35-20-19(25)16(38-15-10-31-36-5-3-2-4-14(15)36)9-30-21(20)33-22(35)32-18-6-17(24(26,27)28)37(34-18)13-7-23(8-13)11-29-12-23/h2-6,9-10,13,29H,7-8,11-12H2,1H3,(H,30,32,33,34). The SMILES string of the molecule is Cn1c(Nc2cc(C(F)(F)F)n(C3CC4(CNC4)C3)n2)nc2ncc(Oc3cnn4ccccc34)c(Cl)c21. The van der Waals surface area contributed by atoms with Gasteiger partial charge in [-0.1, -0.05) is 17.7 Å². The van der Waals surface area contributed by atoms with Gasteiger partial charge in [0.1, 0.15) is 21.7 Å². The molecule has 1 aliphatic carbocycles. The van der Waals surface area contributed by atoms with E-state index in [9.17, 15) is 13.2 Å². The average Bonchev–Trinajstić information content (AvgIpc) is 3.51. The lowest BCUT2D eigenvalue weighted by Gasteiger charge is -2.54. The van der Waals surface area contributed by atoms with E-state index in [0.717, 1.165) is 29.4 Å². The molecule has 0 amide bonds. The second kappa shape index (κ2) is 8.08. The molecule has 1 saturated carbocycles. The molecule has 7 rings (SSSR count). The largest absolute Gasteiger partial charge is 0.450 e. The number of aromatic nitrogens is 7. The number of hydrogen-bond acceptors (Lipinski definition) is 7. The molecule has 0 atom stereocenters. The van der Waals surface area contributed by atoms with Crippen LogP contribution in [0, 0.1) is 5.41 Å². The molecule has 38 heavy (non-hydrogen) atoms. The van der Waals surface area contributed by atoms with Crippen LogP contribution in [0.1, 0.15) is 24.6 Å². The first kappa shape index (κ1) is 23.3. The van der Waals surface area contributed by atoms with Gasteiger partial charge < -0.3 is 19.9 Å². The van der Waals surface area contributed by atoms with Gasteiger partial charge in [-0.05, 0) is 30.4 Å². The van der Waals surface area contributed by atoms with E-state index in [1.165, 1.54) is 6.20 Å². The van der Waals surface area contributed by atoms with Gasteiger partial charge in [-0.25, -0.2) is 9.50 Å². The lowest BCUT2D eigenvalue weighted by molar-refractivity contribution is -0.147. The second-order valence-electron chi connectivity index (χ2n) is 9.89. The highest BCUT2D eigenvalue weighted by molar-refractivity contribution is 6.36. The molecule has 0 bridgehead atoms. The van der Waals surface area contributed by atoms with Crippen LogP contribution in [0.4, 0.5) is 24.9 Å². The highest BCUT2D eigenvalue weighted by Crippen LogP contribution is 2.52. The zero-order chi connectivity index (χ0) is 26.2. The van der Waals surface area contributed by atoms with Crippen LogP contribution in [0.25, 0.3) is 16.7 Å². The molecule has 0 radical (unpaired) electrons. The second-order valence-corrected chi connectivity index (χ2v) is 10.3. The van der Waals surface area contributed by atoms with Crippen LogP contribution < -0.4 is 15.4 Å². The van der Waals surface area contributed by atoms with Crippen molar-refractivity contribution in [3.05, 3.63) is 53.6 Å². The van der Waals surface area contributed by atoms with Crippen molar-refractivity contribution in [1.82, 2.24) is 39.2 Å². The lowest BCUT2D eigenvalue weighted by Crippen LogP contribution is -2.60. The van der Waals surface area contributed by atoms with Crippen LogP contribution in [0.15, 0.2) is 42.9 Å². The Kier molecular flexibility index (Phi) is 4.95. The van der Waals surface area contributed by atoms with Crippen LogP contribution in [0.3, 0.4) is 0 Å². The summed E-state index contributed by atoms with van der Waals surface area (Å²) in [5, 5.41) is 14.9. The minimum atomic E-state index is -4.53. The summed E-state index contributed by atoms with van der Waals surface area (Å²) in [6, 6.07) is 6.29. The number of ether oxygens (including phenoxy) is 1. The molecule has 2 aliphatic rings. The molecular formula is C24H21ClF3N9O. The number of rotatable bonds is 5. The third-order valence-electron chi connectivity index (χ3n) is 7.37. The smallest absolute Gasteiger partial charge is 0.433 e. The Morgan fingerprint density at radius 2 is 2.00 bits per heavy atom. The molecular weight excluding hydrogens is 523 g/mol. The molecule has 14 heteroatoms. The number of fused-ring (bicyclic) bond motifs is 2. The maximum atomic E-state index is 13.8. The van der Waals surface area contributed by atoms with E-state index in [0.29, 0.717) is 35.5 Å². The molecule has 196 valence electrons. The number of halogens is 4. The first-order valence-electron chi connectivity index (χ1n) is 12.0. The molecule has 1 spiro atoms. The van der Waals surface area contributed by atoms with Gasteiger partial charge in [-0.15, -0.1) is 0 Å². The fourth-order valence-corrected chi connectivity index (χ4v) is 5.64. The highest BCUT2D eigenvalue weighted by atomic mass is 35.5. The van der Waals surface area contributed by atoms with Crippen LogP contribution in [0.5, 0.6) is 11.5 Å². The number of hydrogen-bond donors (Lipinski definition) is 2. The van der Waals surface area contributed by atoms with Gasteiger partial charge in [0, 0.05) is 32.4 Å². The summed E-state index contributed by atoms with van der Waals surface area (Å²) < 4.78 is 51.9. The van der Waals surface area contributed by atoms with Gasteiger partial charge in [0.05, 0.1) is 18.4 Å². The number of anilines is 2. The molecule has 0 aromatic carbocycles. The predicted octanol–water partition coefficient (Wildman–Crippen LogP) is 4.95. The topological polar surface area (TPSA) is 99.1 Å². The summed E-state index contributed by atoms with van der Waals surface area (Å²) in [4.78, 5) is 8.78. The Labute approximate surface area is 218 Å². The van der Waals surface area contributed by atoms with Gasteiger partial charge in [0.25, 0.3) is 0 Å². The summed E-state index contributed by atoms with van der Waals surface area (Å²) in [5.74, 6) is 1.08. The van der Waals surface area contributed by atoms with Crippen LogP contribution in [-0.4, -0.2) is 47.0 Å². The molecule has 6 heterocycles. The molecule has 2 fully saturated rings. The van der Waals surface area contributed by atoms with Gasteiger partial charge in [0.15, 0.2) is 23.0 Å². The van der Waals surface area contributed by atoms with Crippen LogP contribution >= 0.6 is 11.6 Å². The van der Waals surface area contributed by atoms with Gasteiger partial charge in [-0.2, -0.15) is 28.4 Å². The van der Waals surface area contributed by atoms with Crippen LogP contribution in [-0.2, 0) is 13.2 Å². The summed E-state index contributed by atoms with van der Waals surface area (Å²) in [6.07, 6.45) is 1.63. The number of aryl methyl sites for hydroxylation is 1. The Balaban J connectivity index is 1.19. The van der Waals surface area contributed by atoms with Gasteiger partial charge in [0.2, 0.25) is 5.95 Å². The molecule has 2 N–H and O–H groups in total. The third kappa shape index (κ3) is 3.60. The van der Waals surface area contributed by atoms with Crippen molar-refractivity contribution in [2.75, 3.05) is 18.4 Å². The maximum Gasteiger partial charge on any atom is 0.433 e. The van der Waals surface area contributed by atoms with Crippen molar-refractivity contribution < 1.29 is 17.9 Å². The fraction of sp³-hybridized carbons (Fsp3) is 0.333. The highest BCUT2D eigenvalue weighted by Gasteiger charge is 2.51. The zero-order valence-electron chi connectivity index (χ0n) is 20.0. The van der Waals surface area contributed by atoms with Gasteiger partial charge >= 0.3 is 6.18 Å². The quantitative estimate of drug-likeness (QED) is 0.324. The first-order chi connectivity index (χ1) is 18.2. The van der Waals surface area contributed by atoms with E-state index in [2.05, 4.69) is 30.8 Å². The fourth-order valence-electron chi connectivity index (χ4n) is 5.34. The predicted molar refractivity (Wildman–Crippen MR) is 133 cm³/mol. The number of nitrogens with zero attached hydrogens (tertiary/aromatic N) is 7. The lowest BCUT2D eigenvalue weighted by atomic mass is 9.61. The maximum absolute atomic E-state index is 13.8. The molecule has 1 aliphatic heterocycles. The molecule has 0 unspecified atom stereocenters. The minimum absolute atomic E-state index is 0.0439. The summed E-state index contributed by atoms with van der Waals surface area (Å²) >= 11 is 6.68. The molecule has 5 aromatic heterocycles. The first-order valence-corrected chi connectivity index (χ1v) is 12.3.